The standard InChI is InChI=1S/C16H31N3O4S.ClH/c1-2-3-6-11-24(22,23)13-16(21)19-10-5-4-7-14(19)12-18-15(20)8-9-17;/h14H,2-13,17H2,1H3,(H,18,20);1H. The van der Waals surface area contributed by atoms with Gasteiger partial charge in [0.1, 0.15) is 5.75 Å². The number of carbonyl (C=O) groups excluding carboxylic acids is 2. The van der Waals surface area contributed by atoms with Crippen LogP contribution in [0.2, 0.25) is 0 Å². The van der Waals surface area contributed by atoms with Crippen molar-refractivity contribution in [3.8, 4) is 0 Å². The predicted octanol–water partition coefficient (Wildman–Crippen LogP) is 0.859. The molecule has 0 bridgehead atoms. The largest absolute Gasteiger partial charge is 0.354 e. The molecule has 7 nitrogen and oxygen atoms in total. The fraction of sp³-hybridized carbons (Fsp3) is 0.875. The van der Waals surface area contributed by atoms with E-state index in [1.54, 1.807) is 4.90 Å². The van der Waals surface area contributed by atoms with E-state index >= 15 is 0 Å². The van der Waals surface area contributed by atoms with Crippen LogP contribution in [0.3, 0.4) is 0 Å². The average Bonchev–Trinajstić information content (AvgIpc) is 2.53. The highest BCUT2D eigenvalue weighted by Gasteiger charge is 2.29. The van der Waals surface area contributed by atoms with E-state index in [1.165, 1.54) is 0 Å². The third-order valence-electron chi connectivity index (χ3n) is 4.26. The van der Waals surface area contributed by atoms with E-state index in [0.717, 1.165) is 32.1 Å². The van der Waals surface area contributed by atoms with Gasteiger partial charge in [0.25, 0.3) is 0 Å². The van der Waals surface area contributed by atoms with E-state index in [9.17, 15) is 18.0 Å². The molecule has 1 unspecified atom stereocenters. The lowest BCUT2D eigenvalue weighted by atomic mass is 10.0. The average molecular weight is 398 g/mol. The first kappa shape index (κ1) is 24.1. The van der Waals surface area contributed by atoms with Gasteiger partial charge in [-0.25, -0.2) is 8.42 Å². The van der Waals surface area contributed by atoms with Gasteiger partial charge in [-0.2, -0.15) is 0 Å². The number of amides is 2. The van der Waals surface area contributed by atoms with Crippen molar-refractivity contribution in [2.45, 2.75) is 57.9 Å². The fourth-order valence-corrected chi connectivity index (χ4v) is 4.24. The number of nitrogens with two attached hydrogens (primary N) is 1. The Labute approximate surface area is 157 Å². The molecule has 0 saturated carbocycles. The van der Waals surface area contributed by atoms with Crippen LogP contribution < -0.4 is 11.1 Å². The van der Waals surface area contributed by atoms with Gasteiger partial charge in [-0.05, 0) is 25.7 Å². The normalized spacial score (nSPS) is 17.7. The number of hydrogen-bond acceptors (Lipinski definition) is 5. The summed E-state index contributed by atoms with van der Waals surface area (Å²) in [5.74, 6) is -0.839. The molecule has 1 saturated heterocycles. The number of rotatable bonds is 10. The van der Waals surface area contributed by atoms with Gasteiger partial charge in [0.2, 0.25) is 11.8 Å². The van der Waals surface area contributed by atoms with Gasteiger partial charge in [0.05, 0.1) is 5.75 Å². The molecular weight excluding hydrogens is 366 g/mol. The lowest BCUT2D eigenvalue weighted by Gasteiger charge is -2.36. The molecule has 1 rings (SSSR count). The number of nitrogens with one attached hydrogen (secondary N) is 1. The van der Waals surface area contributed by atoms with E-state index < -0.39 is 15.6 Å². The highest BCUT2D eigenvalue weighted by Crippen LogP contribution is 2.17. The van der Waals surface area contributed by atoms with E-state index in [-0.39, 0.29) is 49.0 Å². The van der Waals surface area contributed by atoms with Crippen molar-refractivity contribution in [2.24, 2.45) is 5.73 Å². The molecule has 0 aromatic carbocycles. The van der Waals surface area contributed by atoms with E-state index in [4.69, 9.17) is 5.73 Å². The molecule has 0 aromatic heterocycles. The van der Waals surface area contributed by atoms with Crippen molar-refractivity contribution in [1.82, 2.24) is 10.2 Å². The molecule has 2 amide bonds. The fourth-order valence-electron chi connectivity index (χ4n) is 2.91. The number of nitrogens with zero attached hydrogens (tertiary/aromatic N) is 1. The van der Waals surface area contributed by atoms with Gasteiger partial charge in [-0.3, -0.25) is 9.59 Å². The maximum atomic E-state index is 12.4. The summed E-state index contributed by atoms with van der Waals surface area (Å²) < 4.78 is 24.2. The zero-order valence-corrected chi connectivity index (χ0v) is 16.7. The molecule has 3 N–H and O–H groups in total. The van der Waals surface area contributed by atoms with Crippen LogP contribution in [0.1, 0.15) is 51.9 Å². The SMILES string of the molecule is CCCCCS(=O)(=O)CC(=O)N1CCCCC1CNC(=O)CCN.Cl. The summed E-state index contributed by atoms with van der Waals surface area (Å²) in [5, 5.41) is 2.78. The van der Waals surface area contributed by atoms with E-state index in [2.05, 4.69) is 5.32 Å². The Balaban J connectivity index is 0.00000576. The van der Waals surface area contributed by atoms with Crippen LogP contribution in [0.25, 0.3) is 0 Å². The highest BCUT2D eigenvalue weighted by atomic mass is 35.5. The Kier molecular flexibility index (Phi) is 12.1. The first-order chi connectivity index (χ1) is 11.4. The molecule has 25 heavy (non-hydrogen) atoms. The summed E-state index contributed by atoms with van der Waals surface area (Å²) in [6, 6.07) is -0.126. The van der Waals surface area contributed by atoms with Gasteiger partial charge < -0.3 is 16.0 Å². The zero-order chi connectivity index (χ0) is 18.0. The number of hydrogen-bond donors (Lipinski definition) is 2. The zero-order valence-electron chi connectivity index (χ0n) is 15.0. The second-order valence-electron chi connectivity index (χ2n) is 6.38. The number of likely N-dealkylation sites (tertiary alicyclic amines) is 1. The molecule has 148 valence electrons. The van der Waals surface area contributed by atoms with Crippen LogP contribution in [0, 0.1) is 0 Å². The number of piperidine rings is 1. The summed E-state index contributed by atoms with van der Waals surface area (Å²) in [5.41, 5.74) is 5.34. The van der Waals surface area contributed by atoms with Crippen molar-refractivity contribution >= 4 is 34.1 Å². The number of halogens is 1. The predicted molar refractivity (Wildman–Crippen MR) is 101 cm³/mol. The van der Waals surface area contributed by atoms with Crippen molar-refractivity contribution in [2.75, 3.05) is 31.1 Å². The highest BCUT2D eigenvalue weighted by molar-refractivity contribution is 7.92. The summed E-state index contributed by atoms with van der Waals surface area (Å²) in [6.07, 6.45) is 5.29. The molecular formula is C16H32ClN3O4S. The molecule has 1 aliphatic heterocycles. The second-order valence-corrected chi connectivity index (χ2v) is 8.56. The first-order valence-corrected chi connectivity index (χ1v) is 10.7. The van der Waals surface area contributed by atoms with Crippen molar-refractivity contribution in [3.05, 3.63) is 0 Å². The topological polar surface area (TPSA) is 110 Å². The third-order valence-corrected chi connectivity index (χ3v) is 5.85. The van der Waals surface area contributed by atoms with Gasteiger partial charge in [-0.1, -0.05) is 19.8 Å². The second kappa shape index (κ2) is 12.5. The van der Waals surface area contributed by atoms with E-state index in [0.29, 0.717) is 19.5 Å². The summed E-state index contributed by atoms with van der Waals surface area (Å²) in [7, 11) is -3.36. The van der Waals surface area contributed by atoms with Gasteiger partial charge >= 0.3 is 0 Å². The summed E-state index contributed by atoms with van der Waals surface area (Å²) in [4.78, 5) is 25.6. The maximum absolute atomic E-state index is 12.4. The Bertz CT molecular complexity index is 514. The van der Waals surface area contributed by atoms with Crippen LogP contribution in [0.4, 0.5) is 0 Å². The minimum atomic E-state index is -3.36. The molecule has 9 heteroatoms. The Hall–Kier alpha value is -0.860. The maximum Gasteiger partial charge on any atom is 0.238 e. The van der Waals surface area contributed by atoms with Crippen molar-refractivity contribution in [3.63, 3.8) is 0 Å². The van der Waals surface area contributed by atoms with Crippen LogP contribution >= 0.6 is 12.4 Å². The van der Waals surface area contributed by atoms with Crippen LogP contribution in [-0.2, 0) is 19.4 Å². The van der Waals surface area contributed by atoms with Gasteiger partial charge in [-0.15, -0.1) is 12.4 Å². The van der Waals surface area contributed by atoms with Gasteiger partial charge in [0, 0.05) is 32.1 Å². The first-order valence-electron chi connectivity index (χ1n) is 8.86. The number of unbranched alkanes of at least 4 members (excludes halogenated alkanes) is 2. The molecule has 1 aliphatic rings. The van der Waals surface area contributed by atoms with Gasteiger partial charge in [0.15, 0.2) is 9.84 Å². The molecule has 0 spiro atoms. The molecule has 1 heterocycles. The monoisotopic (exact) mass is 397 g/mol. The molecule has 0 aliphatic carbocycles. The quantitative estimate of drug-likeness (QED) is 0.531. The molecule has 0 aromatic rings. The summed E-state index contributed by atoms with van der Waals surface area (Å²) in [6.45, 7) is 3.21. The van der Waals surface area contributed by atoms with Crippen LogP contribution in [0.15, 0.2) is 0 Å². The van der Waals surface area contributed by atoms with Crippen molar-refractivity contribution in [1.29, 1.82) is 0 Å². The Morgan fingerprint density at radius 3 is 2.60 bits per heavy atom. The third kappa shape index (κ3) is 9.42. The number of sulfone groups is 1. The molecule has 0 radical (unpaired) electrons. The lowest BCUT2D eigenvalue weighted by molar-refractivity contribution is -0.132. The molecule has 1 atom stereocenters. The van der Waals surface area contributed by atoms with Crippen molar-refractivity contribution < 1.29 is 18.0 Å². The number of carbonyl (C=O) groups is 2. The van der Waals surface area contributed by atoms with Crippen LogP contribution in [-0.4, -0.2) is 62.3 Å². The summed E-state index contributed by atoms with van der Waals surface area (Å²) >= 11 is 0. The minimum Gasteiger partial charge on any atom is -0.354 e. The Morgan fingerprint density at radius 1 is 1.24 bits per heavy atom. The minimum absolute atomic E-state index is 0. The van der Waals surface area contributed by atoms with E-state index in [1.807, 2.05) is 6.92 Å². The lowest BCUT2D eigenvalue weighted by Crippen LogP contribution is -2.51. The van der Waals surface area contributed by atoms with Crippen LogP contribution in [0.5, 0.6) is 0 Å². The Morgan fingerprint density at radius 2 is 1.96 bits per heavy atom. The smallest absolute Gasteiger partial charge is 0.238 e. The molecule has 1 fully saturated rings.